The molecule has 0 fully saturated rings. The Balaban J connectivity index is 2.07. The molecule has 3 N–H and O–H groups in total. The lowest BCUT2D eigenvalue weighted by molar-refractivity contribution is 0.101. The fourth-order valence-electron chi connectivity index (χ4n) is 2.05. The average molecular weight is 365 g/mol. The summed E-state index contributed by atoms with van der Waals surface area (Å²) in [7, 11) is 1.58. The van der Waals surface area contributed by atoms with Crippen LogP contribution in [0.1, 0.15) is 10.4 Å². The van der Waals surface area contributed by atoms with Crippen LogP contribution >= 0.6 is 11.6 Å². The maximum Gasteiger partial charge on any atom is 0.259 e. The van der Waals surface area contributed by atoms with Crippen LogP contribution in [0.15, 0.2) is 42.5 Å². The van der Waals surface area contributed by atoms with Crippen molar-refractivity contribution in [2.75, 3.05) is 38.8 Å². The standard InChI is InChI=1S/C18H21ClN2O4/c1-23-10-11-25-17-7-2-13(19)12-16(17)18(22)21-14-3-5-15(6-4-14)24-9-8-20/h2-7,12H,8-11,20H2,1H3,(H,21,22). The fourth-order valence-corrected chi connectivity index (χ4v) is 2.22. The highest BCUT2D eigenvalue weighted by Crippen LogP contribution is 2.24. The molecule has 0 spiro atoms. The van der Waals surface area contributed by atoms with E-state index in [2.05, 4.69) is 5.32 Å². The number of nitrogens with one attached hydrogen (secondary N) is 1. The van der Waals surface area contributed by atoms with E-state index in [9.17, 15) is 4.79 Å². The van der Waals surface area contributed by atoms with Gasteiger partial charge in [-0.2, -0.15) is 0 Å². The van der Waals surface area contributed by atoms with Crippen LogP contribution in [0.25, 0.3) is 0 Å². The van der Waals surface area contributed by atoms with Crippen molar-refractivity contribution in [1.29, 1.82) is 0 Å². The number of amides is 1. The van der Waals surface area contributed by atoms with Crippen molar-refractivity contribution in [3.8, 4) is 11.5 Å². The Hall–Kier alpha value is -2.28. The predicted molar refractivity (Wildman–Crippen MR) is 97.8 cm³/mol. The van der Waals surface area contributed by atoms with E-state index in [1.54, 1.807) is 49.6 Å². The highest BCUT2D eigenvalue weighted by Gasteiger charge is 2.14. The summed E-state index contributed by atoms with van der Waals surface area (Å²) < 4.78 is 15.9. The van der Waals surface area contributed by atoms with E-state index in [-0.39, 0.29) is 5.91 Å². The number of ether oxygens (including phenoxy) is 3. The summed E-state index contributed by atoms with van der Waals surface area (Å²) in [5.74, 6) is 0.821. The molecular formula is C18H21ClN2O4. The smallest absolute Gasteiger partial charge is 0.259 e. The van der Waals surface area contributed by atoms with Gasteiger partial charge in [0, 0.05) is 24.4 Å². The maximum atomic E-state index is 12.5. The second kappa shape index (κ2) is 9.88. The quantitative estimate of drug-likeness (QED) is 0.668. The number of anilines is 1. The highest BCUT2D eigenvalue weighted by molar-refractivity contribution is 6.31. The predicted octanol–water partition coefficient (Wildman–Crippen LogP) is 2.96. The van der Waals surface area contributed by atoms with E-state index in [1.165, 1.54) is 0 Å². The third kappa shape index (κ3) is 5.94. The summed E-state index contributed by atoms with van der Waals surface area (Å²) in [6.07, 6.45) is 0. The van der Waals surface area contributed by atoms with Crippen LogP contribution in [-0.4, -0.2) is 39.4 Å². The van der Waals surface area contributed by atoms with E-state index in [0.29, 0.717) is 54.1 Å². The Morgan fingerprint density at radius 3 is 2.52 bits per heavy atom. The molecule has 0 heterocycles. The van der Waals surface area contributed by atoms with Crippen molar-refractivity contribution in [1.82, 2.24) is 0 Å². The van der Waals surface area contributed by atoms with Gasteiger partial charge < -0.3 is 25.3 Å². The van der Waals surface area contributed by atoms with E-state index in [4.69, 9.17) is 31.5 Å². The van der Waals surface area contributed by atoms with Crippen molar-refractivity contribution in [3.63, 3.8) is 0 Å². The molecule has 6 nitrogen and oxygen atoms in total. The second-order valence-electron chi connectivity index (χ2n) is 5.10. The van der Waals surface area contributed by atoms with Gasteiger partial charge in [0.2, 0.25) is 0 Å². The Morgan fingerprint density at radius 1 is 1.08 bits per heavy atom. The van der Waals surface area contributed by atoms with Crippen LogP contribution in [0.5, 0.6) is 11.5 Å². The van der Waals surface area contributed by atoms with Gasteiger partial charge >= 0.3 is 0 Å². The Labute approximate surface area is 151 Å². The zero-order chi connectivity index (χ0) is 18.1. The number of carbonyl (C=O) groups is 1. The average Bonchev–Trinajstić information content (AvgIpc) is 2.62. The number of carbonyl (C=O) groups excluding carboxylic acids is 1. The molecule has 0 aromatic heterocycles. The summed E-state index contributed by atoms with van der Waals surface area (Å²) in [5, 5.41) is 3.26. The molecule has 134 valence electrons. The van der Waals surface area contributed by atoms with Crippen molar-refractivity contribution in [2.24, 2.45) is 5.73 Å². The van der Waals surface area contributed by atoms with Crippen LogP contribution in [0.3, 0.4) is 0 Å². The summed E-state index contributed by atoms with van der Waals surface area (Å²) in [6.45, 7) is 1.65. The van der Waals surface area contributed by atoms with Gasteiger partial charge in [0.1, 0.15) is 24.7 Å². The van der Waals surface area contributed by atoms with E-state index in [0.717, 1.165) is 0 Å². The highest BCUT2D eigenvalue weighted by atomic mass is 35.5. The first kappa shape index (κ1) is 19.1. The molecule has 0 saturated carbocycles. The van der Waals surface area contributed by atoms with Gasteiger partial charge in [0.05, 0.1) is 12.2 Å². The molecule has 0 radical (unpaired) electrons. The van der Waals surface area contributed by atoms with Gasteiger partial charge in [-0.25, -0.2) is 0 Å². The van der Waals surface area contributed by atoms with E-state index < -0.39 is 0 Å². The molecule has 0 aliphatic heterocycles. The number of hydrogen-bond acceptors (Lipinski definition) is 5. The Bertz CT molecular complexity index is 692. The normalized spacial score (nSPS) is 10.4. The third-order valence-corrected chi connectivity index (χ3v) is 3.47. The molecular weight excluding hydrogens is 344 g/mol. The molecule has 0 unspecified atom stereocenters. The lowest BCUT2D eigenvalue weighted by Crippen LogP contribution is -2.15. The number of nitrogens with two attached hydrogens (primary N) is 1. The topological polar surface area (TPSA) is 82.8 Å². The monoisotopic (exact) mass is 364 g/mol. The van der Waals surface area contributed by atoms with Gasteiger partial charge in [0.25, 0.3) is 5.91 Å². The first-order valence-corrected chi connectivity index (χ1v) is 8.17. The van der Waals surface area contributed by atoms with Crippen LogP contribution in [0.2, 0.25) is 5.02 Å². The second-order valence-corrected chi connectivity index (χ2v) is 5.53. The van der Waals surface area contributed by atoms with Crippen LogP contribution in [0.4, 0.5) is 5.69 Å². The fraction of sp³-hybridized carbons (Fsp3) is 0.278. The minimum absolute atomic E-state index is 0.314. The van der Waals surface area contributed by atoms with Crippen LogP contribution in [0, 0.1) is 0 Å². The van der Waals surface area contributed by atoms with Crippen molar-refractivity contribution >= 4 is 23.2 Å². The van der Waals surface area contributed by atoms with E-state index in [1.807, 2.05) is 0 Å². The summed E-state index contributed by atoms with van der Waals surface area (Å²) in [6, 6.07) is 11.9. The number of halogens is 1. The van der Waals surface area contributed by atoms with E-state index >= 15 is 0 Å². The molecule has 0 saturated heterocycles. The molecule has 0 aliphatic carbocycles. The molecule has 2 rings (SSSR count). The largest absolute Gasteiger partial charge is 0.492 e. The lowest BCUT2D eigenvalue weighted by atomic mass is 10.1. The summed E-state index contributed by atoms with van der Waals surface area (Å²) in [4.78, 5) is 12.5. The number of benzene rings is 2. The maximum absolute atomic E-state index is 12.5. The minimum Gasteiger partial charge on any atom is -0.492 e. The van der Waals surface area contributed by atoms with Gasteiger partial charge in [0.15, 0.2) is 0 Å². The zero-order valence-electron chi connectivity index (χ0n) is 14.0. The minimum atomic E-state index is -0.314. The molecule has 0 atom stereocenters. The van der Waals surface area contributed by atoms with Crippen molar-refractivity contribution in [2.45, 2.75) is 0 Å². The molecule has 1 amide bonds. The molecule has 7 heteroatoms. The number of hydrogen-bond donors (Lipinski definition) is 2. The van der Waals surface area contributed by atoms with Gasteiger partial charge in [-0.1, -0.05) is 11.6 Å². The van der Waals surface area contributed by atoms with Crippen molar-refractivity contribution in [3.05, 3.63) is 53.1 Å². The molecule has 25 heavy (non-hydrogen) atoms. The lowest BCUT2D eigenvalue weighted by Gasteiger charge is -2.12. The SMILES string of the molecule is COCCOc1ccc(Cl)cc1C(=O)Nc1ccc(OCCN)cc1. The first-order valence-electron chi connectivity index (χ1n) is 7.79. The first-order chi connectivity index (χ1) is 12.1. The zero-order valence-corrected chi connectivity index (χ0v) is 14.7. The molecule has 2 aromatic rings. The number of methoxy groups -OCH3 is 1. The summed E-state index contributed by atoms with van der Waals surface area (Å²) >= 11 is 6.01. The van der Waals surface area contributed by atoms with Gasteiger partial charge in [-0.3, -0.25) is 4.79 Å². The Kier molecular flexibility index (Phi) is 7.53. The number of rotatable bonds is 9. The Morgan fingerprint density at radius 2 is 1.84 bits per heavy atom. The van der Waals surface area contributed by atoms with Gasteiger partial charge in [-0.15, -0.1) is 0 Å². The van der Waals surface area contributed by atoms with Crippen molar-refractivity contribution < 1.29 is 19.0 Å². The van der Waals surface area contributed by atoms with Gasteiger partial charge in [-0.05, 0) is 42.5 Å². The molecule has 0 aliphatic rings. The third-order valence-electron chi connectivity index (χ3n) is 3.23. The molecule has 2 aromatic carbocycles. The van der Waals surface area contributed by atoms with Crippen LogP contribution in [-0.2, 0) is 4.74 Å². The summed E-state index contributed by atoms with van der Waals surface area (Å²) in [5.41, 5.74) is 6.38. The molecule has 0 bridgehead atoms. The van der Waals surface area contributed by atoms with Crippen LogP contribution < -0.4 is 20.5 Å².